The van der Waals surface area contributed by atoms with Gasteiger partial charge in [0.15, 0.2) is 0 Å². The molecule has 1 fully saturated rings. The Morgan fingerprint density at radius 3 is 2.35 bits per heavy atom. The van der Waals surface area contributed by atoms with Crippen molar-refractivity contribution in [3.8, 4) is 0 Å². The average molecular weight is 569 g/mol. The van der Waals surface area contributed by atoms with Gasteiger partial charge in [-0.15, -0.1) is 0 Å². The highest BCUT2D eigenvalue weighted by molar-refractivity contribution is 7.92. The quantitative estimate of drug-likeness (QED) is 0.219. The normalized spacial score (nSPS) is 13.7. The second kappa shape index (κ2) is 12.3. The van der Waals surface area contributed by atoms with E-state index < -0.39 is 38.0 Å². The van der Waals surface area contributed by atoms with Gasteiger partial charge >= 0.3 is 0 Å². The van der Waals surface area contributed by atoms with E-state index in [0.29, 0.717) is 41.9 Å². The van der Waals surface area contributed by atoms with Crippen molar-refractivity contribution < 1.29 is 27.8 Å². The molecule has 1 aliphatic rings. The zero-order chi connectivity index (χ0) is 28.7. The van der Waals surface area contributed by atoms with Crippen LogP contribution in [0.3, 0.4) is 0 Å². The smallest absolute Gasteiger partial charge is 0.293 e. The Bertz CT molecular complexity index is 1540. The predicted molar refractivity (Wildman–Crippen MR) is 146 cm³/mol. The largest absolute Gasteiger partial charge is 0.378 e. The zero-order valence-corrected chi connectivity index (χ0v) is 21.8. The minimum Gasteiger partial charge on any atom is -0.378 e. The number of non-ortho nitro benzene ring substituents is 1. The number of sulfonamides is 1. The first-order chi connectivity index (χ1) is 19.2. The van der Waals surface area contributed by atoms with E-state index in [2.05, 4.69) is 10.5 Å². The van der Waals surface area contributed by atoms with Crippen molar-refractivity contribution in [2.24, 2.45) is 5.10 Å². The number of anilines is 2. The Morgan fingerprint density at radius 2 is 1.68 bits per heavy atom. The van der Waals surface area contributed by atoms with E-state index in [4.69, 9.17) is 4.74 Å². The number of carbonyl (C=O) groups excluding carboxylic acids is 1. The Hall–Kier alpha value is -4.89. The lowest BCUT2D eigenvalue weighted by molar-refractivity contribution is -0.384. The molecule has 4 rings (SSSR count). The minimum atomic E-state index is -4.40. The summed E-state index contributed by atoms with van der Waals surface area (Å²) in [6.07, 6.45) is 1.22. The minimum absolute atomic E-state index is 0.170. The molecule has 0 aromatic heterocycles. The molecule has 1 amide bonds. The summed E-state index contributed by atoms with van der Waals surface area (Å²) in [6, 6.07) is 16.6. The average Bonchev–Trinajstić information content (AvgIpc) is 2.96. The van der Waals surface area contributed by atoms with E-state index in [1.54, 1.807) is 12.1 Å². The van der Waals surface area contributed by atoms with Gasteiger partial charge in [0.05, 0.1) is 34.2 Å². The van der Waals surface area contributed by atoms with Gasteiger partial charge in [-0.25, -0.2) is 18.1 Å². The summed E-state index contributed by atoms with van der Waals surface area (Å²) < 4.78 is 32.9. The van der Waals surface area contributed by atoms with Crippen LogP contribution in [0.2, 0.25) is 0 Å². The lowest BCUT2D eigenvalue weighted by Crippen LogP contribution is -2.40. The van der Waals surface area contributed by atoms with Crippen molar-refractivity contribution in [1.29, 1.82) is 0 Å². The first-order valence-corrected chi connectivity index (χ1v) is 13.4. The summed E-state index contributed by atoms with van der Waals surface area (Å²) in [5.41, 5.74) is 2.22. The van der Waals surface area contributed by atoms with Crippen LogP contribution >= 0.6 is 0 Å². The molecule has 208 valence electrons. The maximum atomic E-state index is 13.5. The molecule has 40 heavy (non-hydrogen) atoms. The van der Waals surface area contributed by atoms with Crippen molar-refractivity contribution in [2.75, 3.05) is 42.1 Å². The van der Waals surface area contributed by atoms with Crippen molar-refractivity contribution >= 4 is 44.9 Å². The van der Waals surface area contributed by atoms with Crippen LogP contribution in [0.15, 0.2) is 82.8 Å². The summed E-state index contributed by atoms with van der Waals surface area (Å²) in [7, 11) is -4.40. The summed E-state index contributed by atoms with van der Waals surface area (Å²) in [5.74, 6) is -0.896. The number of carbonyl (C=O) groups is 1. The predicted octanol–water partition coefficient (Wildman–Crippen LogP) is 2.69. The molecule has 0 unspecified atom stereocenters. The van der Waals surface area contributed by atoms with Crippen LogP contribution in [0.4, 0.5) is 22.7 Å². The first-order valence-electron chi connectivity index (χ1n) is 11.9. The van der Waals surface area contributed by atoms with E-state index in [1.807, 2.05) is 4.90 Å². The molecular weight excluding hydrogens is 544 g/mol. The lowest BCUT2D eigenvalue weighted by atomic mass is 10.1. The third-order valence-corrected chi connectivity index (χ3v) is 7.71. The Labute approximate surface area is 228 Å². The maximum Gasteiger partial charge on any atom is 0.293 e. The van der Waals surface area contributed by atoms with E-state index in [1.165, 1.54) is 60.8 Å². The van der Waals surface area contributed by atoms with Crippen LogP contribution in [0.25, 0.3) is 0 Å². The molecule has 3 aromatic rings. The highest BCUT2D eigenvalue weighted by Gasteiger charge is 2.32. The van der Waals surface area contributed by atoms with Gasteiger partial charge in [0.2, 0.25) is 0 Å². The standard InChI is InChI=1S/C25H24N6O8S/c32-25(27-26-17-19-16-20(30(33)34)10-11-22(19)28-12-14-39-15-13-28)18-29(23-8-4-5-9-24(23)31(35)36)40(37,38)21-6-2-1-3-7-21/h1-11,16-17H,12-15,18H2,(H,27,32)/b26-17-. The van der Waals surface area contributed by atoms with Gasteiger partial charge in [-0.05, 0) is 24.3 Å². The van der Waals surface area contributed by atoms with Crippen LogP contribution in [0, 0.1) is 20.2 Å². The van der Waals surface area contributed by atoms with Crippen LogP contribution in [-0.2, 0) is 19.6 Å². The molecule has 1 aliphatic heterocycles. The number of nitrogens with one attached hydrogen (secondary N) is 1. The lowest BCUT2D eigenvalue weighted by Gasteiger charge is -2.29. The fraction of sp³-hybridized carbons (Fsp3) is 0.200. The molecule has 14 nitrogen and oxygen atoms in total. The molecule has 1 N–H and O–H groups in total. The number of ether oxygens (including phenoxy) is 1. The van der Waals surface area contributed by atoms with Crippen LogP contribution < -0.4 is 14.6 Å². The highest BCUT2D eigenvalue weighted by Crippen LogP contribution is 2.32. The zero-order valence-electron chi connectivity index (χ0n) is 21.0. The third kappa shape index (κ3) is 6.39. The maximum absolute atomic E-state index is 13.5. The van der Waals surface area contributed by atoms with Crippen LogP contribution in [-0.4, -0.2) is 63.2 Å². The number of hydrogen-bond donors (Lipinski definition) is 1. The SMILES string of the molecule is O=C(CN(c1ccccc1[N+](=O)[O-])S(=O)(=O)c1ccccc1)N/N=C\c1cc([N+](=O)[O-])ccc1N1CCOCC1. The summed E-state index contributed by atoms with van der Waals surface area (Å²) >= 11 is 0. The number of morpholine rings is 1. The molecule has 3 aromatic carbocycles. The van der Waals surface area contributed by atoms with Gasteiger partial charge < -0.3 is 9.64 Å². The van der Waals surface area contributed by atoms with Crippen LogP contribution in [0.5, 0.6) is 0 Å². The number of nitro groups is 2. The number of hydrazone groups is 1. The second-order valence-corrected chi connectivity index (χ2v) is 10.3. The number of hydrogen-bond acceptors (Lipinski definition) is 10. The van der Waals surface area contributed by atoms with Gasteiger partial charge in [0, 0.05) is 42.5 Å². The number of benzene rings is 3. The fourth-order valence-corrected chi connectivity index (χ4v) is 5.50. The molecule has 0 bridgehead atoms. The summed E-state index contributed by atoms with van der Waals surface area (Å²) in [6.45, 7) is 1.22. The summed E-state index contributed by atoms with van der Waals surface area (Å²) in [4.78, 5) is 36.3. The van der Waals surface area contributed by atoms with Crippen molar-refractivity contribution in [3.63, 3.8) is 0 Å². The third-order valence-electron chi connectivity index (χ3n) is 5.93. The molecule has 15 heteroatoms. The van der Waals surface area contributed by atoms with Crippen molar-refractivity contribution in [2.45, 2.75) is 4.90 Å². The van der Waals surface area contributed by atoms with E-state index in [9.17, 15) is 33.4 Å². The van der Waals surface area contributed by atoms with E-state index >= 15 is 0 Å². The van der Waals surface area contributed by atoms with Gasteiger partial charge in [-0.2, -0.15) is 5.10 Å². The second-order valence-electron chi connectivity index (χ2n) is 8.46. The Morgan fingerprint density at radius 1 is 1.00 bits per heavy atom. The van der Waals surface area contributed by atoms with Crippen LogP contribution in [0.1, 0.15) is 5.56 Å². The number of nitrogens with zero attached hydrogens (tertiary/aromatic N) is 5. The molecule has 0 aliphatic carbocycles. The van der Waals surface area contributed by atoms with Gasteiger partial charge in [-0.1, -0.05) is 30.3 Å². The molecule has 1 heterocycles. The first kappa shape index (κ1) is 28.1. The number of amides is 1. The molecular formula is C25H24N6O8S. The molecule has 0 saturated carbocycles. The number of para-hydroxylation sites is 2. The molecule has 0 radical (unpaired) electrons. The van der Waals surface area contributed by atoms with Crippen molar-refractivity contribution in [3.05, 3.63) is 98.6 Å². The topological polar surface area (TPSA) is 178 Å². The molecule has 1 saturated heterocycles. The van der Waals surface area contributed by atoms with Gasteiger partial charge in [0.1, 0.15) is 12.2 Å². The van der Waals surface area contributed by atoms with Gasteiger partial charge in [0.25, 0.3) is 27.3 Å². The van der Waals surface area contributed by atoms with E-state index in [-0.39, 0.29) is 16.3 Å². The summed E-state index contributed by atoms with van der Waals surface area (Å²) in [5, 5.41) is 26.9. The van der Waals surface area contributed by atoms with Crippen molar-refractivity contribution in [1.82, 2.24) is 5.43 Å². The number of nitro benzene ring substituents is 2. The molecule has 0 atom stereocenters. The number of rotatable bonds is 10. The Balaban J connectivity index is 1.62. The molecule has 0 spiro atoms. The van der Waals surface area contributed by atoms with E-state index in [0.717, 1.165) is 6.07 Å². The monoisotopic (exact) mass is 568 g/mol. The van der Waals surface area contributed by atoms with Gasteiger partial charge in [-0.3, -0.25) is 25.0 Å². The fourth-order valence-electron chi connectivity index (χ4n) is 4.04. The Kier molecular flexibility index (Phi) is 8.66. The highest BCUT2D eigenvalue weighted by atomic mass is 32.2.